The summed E-state index contributed by atoms with van der Waals surface area (Å²) in [5, 5.41) is 17.6. The Morgan fingerprint density at radius 1 is 1.00 bits per heavy atom. The van der Waals surface area contributed by atoms with Crippen molar-refractivity contribution < 1.29 is 19.7 Å². The lowest BCUT2D eigenvalue weighted by Crippen LogP contribution is -1.99. The lowest BCUT2D eigenvalue weighted by atomic mass is 10.3. The van der Waals surface area contributed by atoms with Gasteiger partial charge in [-0.3, -0.25) is 0 Å². The molecule has 0 aromatic carbocycles. The van der Waals surface area contributed by atoms with Crippen LogP contribution < -0.4 is 0 Å². The summed E-state index contributed by atoms with van der Waals surface area (Å²) in [5.74, 6) is 7.00. The average molecular weight is 306 g/mol. The molecule has 0 aromatic rings. The normalized spacial score (nSPS) is 12.5. The van der Waals surface area contributed by atoms with Crippen LogP contribution in [0.4, 0.5) is 0 Å². The van der Waals surface area contributed by atoms with Crippen LogP contribution in [0, 0.1) is 11.8 Å². The zero-order valence-electron chi connectivity index (χ0n) is 13.4. The van der Waals surface area contributed by atoms with Gasteiger partial charge in [0.15, 0.2) is 5.76 Å². The second-order valence-corrected chi connectivity index (χ2v) is 4.17. The molecule has 0 unspecified atom stereocenters. The fourth-order valence-electron chi connectivity index (χ4n) is 1.37. The predicted molar refractivity (Wildman–Crippen MR) is 88.9 cm³/mol. The highest BCUT2D eigenvalue weighted by atomic mass is 16.5. The molecule has 0 bridgehead atoms. The Bertz CT molecular complexity index is 447. The van der Waals surface area contributed by atoms with Crippen molar-refractivity contribution in [1.29, 1.82) is 0 Å². The van der Waals surface area contributed by atoms with Gasteiger partial charge < -0.3 is 19.7 Å². The first-order chi connectivity index (χ1) is 10.8. The molecule has 2 N–H and O–H groups in total. The molecule has 0 spiro atoms. The highest BCUT2D eigenvalue weighted by Crippen LogP contribution is 2.05. The summed E-state index contributed by atoms with van der Waals surface area (Å²) in [6, 6.07) is 0. The van der Waals surface area contributed by atoms with E-state index in [0.29, 0.717) is 17.9 Å². The van der Waals surface area contributed by atoms with E-state index < -0.39 is 0 Å². The van der Waals surface area contributed by atoms with Gasteiger partial charge in [-0.25, -0.2) is 0 Å². The molecule has 122 valence electrons. The first kappa shape index (κ1) is 20.0. The third-order valence-corrected chi connectivity index (χ3v) is 2.39. The Morgan fingerprint density at radius 3 is 2.32 bits per heavy atom. The molecular formula is C18H26O4. The van der Waals surface area contributed by atoms with E-state index in [1.165, 1.54) is 0 Å². The number of allylic oxidation sites excluding steroid dienone is 7. The van der Waals surface area contributed by atoms with Gasteiger partial charge in [0.1, 0.15) is 19.0 Å². The Labute approximate surface area is 133 Å². The fourth-order valence-corrected chi connectivity index (χ4v) is 1.37. The van der Waals surface area contributed by atoms with E-state index in [0.717, 1.165) is 6.42 Å². The maximum atomic E-state index is 8.82. The van der Waals surface area contributed by atoms with E-state index in [-0.39, 0.29) is 26.4 Å². The number of rotatable bonds is 10. The van der Waals surface area contributed by atoms with Gasteiger partial charge in [0.2, 0.25) is 0 Å². The molecule has 0 heterocycles. The van der Waals surface area contributed by atoms with Crippen LogP contribution in [0.3, 0.4) is 0 Å². The van der Waals surface area contributed by atoms with Crippen LogP contribution in [0.2, 0.25) is 0 Å². The van der Waals surface area contributed by atoms with E-state index >= 15 is 0 Å². The third-order valence-electron chi connectivity index (χ3n) is 2.39. The zero-order chi connectivity index (χ0) is 16.5. The monoisotopic (exact) mass is 306 g/mol. The average Bonchev–Trinajstić information content (AvgIpc) is 2.54. The highest BCUT2D eigenvalue weighted by molar-refractivity contribution is 5.30. The summed E-state index contributed by atoms with van der Waals surface area (Å²) in [7, 11) is 0. The van der Waals surface area contributed by atoms with E-state index in [1.54, 1.807) is 6.08 Å². The van der Waals surface area contributed by atoms with Gasteiger partial charge >= 0.3 is 0 Å². The standard InChI is InChI=1S/C18H26O4/c1-3-5-7-10-18(22-16-14-20)12-8-11-17(9-6-4-2)21-15-13-19/h3-6,10-11,19-20H,7,9,13-16H2,1-2H3/b5-3-,6-4-,17-11?,18-10?. The van der Waals surface area contributed by atoms with Gasteiger partial charge in [0, 0.05) is 12.5 Å². The summed E-state index contributed by atoms with van der Waals surface area (Å²) in [6.07, 6.45) is 12.7. The largest absolute Gasteiger partial charge is 0.495 e. The quantitative estimate of drug-likeness (QED) is 0.370. The maximum Gasteiger partial charge on any atom is 0.166 e. The maximum absolute atomic E-state index is 8.82. The van der Waals surface area contributed by atoms with E-state index in [1.807, 2.05) is 44.2 Å². The van der Waals surface area contributed by atoms with Crippen molar-refractivity contribution in [2.24, 2.45) is 0 Å². The first-order valence-electron chi connectivity index (χ1n) is 7.38. The van der Waals surface area contributed by atoms with Crippen molar-refractivity contribution >= 4 is 0 Å². The van der Waals surface area contributed by atoms with Crippen molar-refractivity contribution in [3.63, 3.8) is 0 Å². The second kappa shape index (κ2) is 15.4. The minimum absolute atomic E-state index is 0.0330. The summed E-state index contributed by atoms with van der Waals surface area (Å²) in [6.45, 7) is 4.25. The third kappa shape index (κ3) is 11.8. The number of aliphatic hydroxyl groups excluding tert-OH is 2. The molecule has 0 aromatic heterocycles. The van der Waals surface area contributed by atoms with Crippen LogP contribution in [-0.4, -0.2) is 36.6 Å². The fraction of sp³-hybridized carbons (Fsp3) is 0.444. The lowest BCUT2D eigenvalue weighted by Gasteiger charge is -2.05. The second-order valence-electron chi connectivity index (χ2n) is 4.17. The molecule has 22 heavy (non-hydrogen) atoms. The van der Waals surface area contributed by atoms with Crippen molar-refractivity contribution in [1.82, 2.24) is 0 Å². The molecule has 0 aliphatic heterocycles. The number of hydrogen-bond donors (Lipinski definition) is 2. The molecule has 0 rings (SSSR count). The topological polar surface area (TPSA) is 58.9 Å². The van der Waals surface area contributed by atoms with Crippen molar-refractivity contribution in [2.45, 2.75) is 26.7 Å². The number of aliphatic hydroxyl groups is 2. The highest BCUT2D eigenvalue weighted by Gasteiger charge is 1.95. The molecule has 0 saturated carbocycles. The molecule has 0 aliphatic carbocycles. The molecule has 4 heteroatoms. The Hall–Kier alpha value is -1.96. The van der Waals surface area contributed by atoms with Gasteiger partial charge in [-0.05, 0) is 32.3 Å². The van der Waals surface area contributed by atoms with Gasteiger partial charge in [-0.15, -0.1) is 0 Å². The molecular weight excluding hydrogens is 280 g/mol. The summed E-state index contributed by atoms with van der Waals surface area (Å²) < 4.78 is 10.8. The van der Waals surface area contributed by atoms with Crippen molar-refractivity contribution in [3.05, 3.63) is 48.0 Å². The number of ether oxygens (including phenoxy) is 2. The lowest BCUT2D eigenvalue weighted by molar-refractivity contribution is 0.142. The van der Waals surface area contributed by atoms with Gasteiger partial charge in [0.25, 0.3) is 0 Å². The van der Waals surface area contributed by atoms with Crippen molar-refractivity contribution in [2.75, 3.05) is 26.4 Å². The molecule has 0 atom stereocenters. The molecule has 0 amide bonds. The van der Waals surface area contributed by atoms with Crippen LogP contribution in [0.1, 0.15) is 26.7 Å². The van der Waals surface area contributed by atoms with Gasteiger partial charge in [-0.1, -0.05) is 30.2 Å². The molecule has 0 aliphatic rings. The van der Waals surface area contributed by atoms with Crippen molar-refractivity contribution in [3.8, 4) is 11.8 Å². The van der Waals surface area contributed by atoms with Gasteiger partial charge in [-0.2, -0.15) is 0 Å². The number of hydrogen-bond acceptors (Lipinski definition) is 4. The Morgan fingerprint density at radius 2 is 1.68 bits per heavy atom. The summed E-state index contributed by atoms with van der Waals surface area (Å²) in [5.41, 5.74) is 0. The SMILES string of the molecule is C/C=C\CC=C(C#CC=C(C/C=C\C)OCCO)OCCO. The Kier molecular flexibility index (Phi) is 14.1. The zero-order valence-corrected chi connectivity index (χ0v) is 13.4. The van der Waals surface area contributed by atoms with E-state index in [9.17, 15) is 0 Å². The minimum atomic E-state index is -0.0510. The minimum Gasteiger partial charge on any atom is -0.495 e. The van der Waals surface area contributed by atoms with Crippen LogP contribution in [0.15, 0.2) is 48.0 Å². The molecule has 0 saturated heterocycles. The van der Waals surface area contributed by atoms with Crippen LogP contribution in [0.25, 0.3) is 0 Å². The predicted octanol–water partition coefficient (Wildman–Crippen LogP) is 2.71. The summed E-state index contributed by atoms with van der Waals surface area (Å²) >= 11 is 0. The van der Waals surface area contributed by atoms with E-state index in [4.69, 9.17) is 19.7 Å². The summed E-state index contributed by atoms with van der Waals surface area (Å²) in [4.78, 5) is 0. The van der Waals surface area contributed by atoms with Crippen LogP contribution in [-0.2, 0) is 9.47 Å². The molecule has 0 radical (unpaired) electrons. The smallest absolute Gasteiger partial charge is 0.166 e. The van der Waals surface area contributed by atoms with Gasteiger partial charge in [0.05, 0.1) is 13.2 Å². The Balaban J connectivity index is 4.86. The molecule has 4 nitrogen and oxygen atoms in total. The van der Waals surface area contributed by atoms with Crippen LogP contribution >= 0.6 is 0 Å². The first-order valence-corrected chi connectivity index (χ1v) is 7.38. The van der Waals surface area contributed by atoms with Crippen LogP contribution in [0.5, 0.6) is 0 Å². The van der Waals surface area contributed by atoms with E-state index in [2.05, 4.69) is 11.8 Å². The molecule has 0 fully saturated rings.